The molecule has 0 atom stereocenters. The summed E-state index contributed by atoms with van der Waals surface area (Å²) in [5.74, 6) is -4.70. The topological polar surface area (TPSA) is 57.7 Å². The lowest BCUT2D eigenvalue weighted by molar-refractivity contribution is -0.129. The molecule has 29 heavy (non-hydrogen) atoms. The fourth-order valence-electron chi connectivity index (χ4n) is 2.84. The summed E-state index contributed by atoms with van der Waals surface area (Å²) in [6.07, 6.45) is 0. The van der Waals surface area contributed by atoms with Crippen LogP contribution in [0.5, 0.6) is 0 Å². The molecule has 0 aliphatic carbocycles. The SMILES string of the molecule is O=C(CSc1ccc(F)c(F)c1)N1CCN(S(=O)(=O)c2c(F)cccc2F)CC1. The number of halogens is 4. The molecule has 1 fully saturated rings. The maximum atomic E-state index is 13.9. The Hall–Kier alpha value is -2.11. The molecule has 1 aliphatic heterocycles. The smallest absolute Gasteiger partial charge is 0.249 e. The summed E-state index contributed by atoms with van der Waals surface area (Å²) in [6, 6.07) is 6.11. The minimum Gasteiger partial charge on any atom is -0.339 e. The van der Waals surface area contributed by atoms with Crippen LogP contribution in [0.1, 0.15) is 0 Å². The van der Waals surface area contributed by atoms with Crippen molar-refractivity contribution >= 4 is 27.7 Å². The van der Waals surface area contributed by atoms with Crippen LogP contribution in [0, 0.1) is 23.3 Å². The third-order valence-electron chi connectivity index (χ3n) is 4.36. The summed E-state index contributed by atoms with van der Waals surface area (Å²) in [4.78, 5) is 13.1. The van der Waals surface area contributed by atoms with E-state index in [4.69, 9.17) is 0 Å². The molecule has 0 saturated carbocycles. The van der Waals surface area contributed by atoms with Crippen molar-refractivity contribution < 1.29 is 30.8 Å². The second kappa shape index (κ2) is 8.72. The maximum absolute atomic E-state index is 13.9. The number of nitrogens with zero attached hydrogens (tertiary/aromatic N) is 2. The molecule has 0 bridgehead atoms. The molecule has 2 aromatic rings. The Morgan fingerprint density at radius 3 is 2.10 bits per heavy atom. The number of amides is 1. The molecular formula is C18H16F4N2O3S2. The molecule has 0 unspecified atom stereocenters. The molecule has 1 heterocycles. The van der Waals surface area contributed by atoms with Crippen LogP contribution in [0.4, 0.5) is 17.6 Å². The molecule has 1 saturated heterocycles. The van der Waals surface area contributed by atoms with E-state index in [-0.39, 0.29) is 37.8 Å². The van der Waals surface area contributed by atoms with Gasteiger partial charge in [0.25, 0.3) is 0 Å². The van der Waals surface area contributed by atoms with E-state index in [0.29, 0.717) is 4.90 Å². The van der Waals surface area contributed by atoms with Gasteiger partial charge >= 0.3 is 0 Å². The van der Waals surface area contributed by atoms with Crippen molar-refractivity contribution in [2.75, 3.05) is 31.9 Å². The first-order valence-corrected chi connectivity index (χ1v) is 10.9. The number of rotatable bonds is 5. The zero-order chi connectivity index (χ0) is 21.2. The van der Waals surface area contributed by atoms with Crippen LogP contribution in [0.15, 0.2) is 46.2 Å². The number of carbonyl (C=O) groups is 1. The van der Waals surface area contributed by atoms with Gasteiger partial charge in [0.15, 0.2) is 16.5 Å². The van der Waals surface area contributed by atoms with Crippen molar-refractivity contribution in [3.05, 3.63) is 59.7 Å². The average Bonchev–Trinajstić information content (AvgIpc) is 2.68. The van der Waals surface area contributed by atoms with Crippen molar-refractivity contribution in [1.82, 2.24) is 9.21 Å². The van der Waals surface area contributed by atoms with Crippen molar-refractivity contribution in [2.45, 2.75) is 9.79 Å². The number of piperazine rings is 1. The fraction of sp³-hybridized carbons (Fsp3) is 0.278. The quantitative estimate of drug-likeness (QED) is 0.522. The lowest BCUT2D eigenvalue weighted by Crippen LogP contribution is -2.51. The Morgan fingerprint density at radius 1 is 0.897 bits per heavy atom. The van der Waals surface area contributed by atoms with E-state index >= 15 is 0 Å². The zero-order valence-corrected chi connectivity index (χ0v) is 16.6. The highest BCUT2D eigenvalue weighted by Crippen LogP contribution is 2.24. The first kappa shape index (κ1) is 21.6. The second-order valence-electron chi connectivity index (χ2n) is 6.20. The van der Waals surface area contributed by atoms with Crippen LogP contribution in [0.25, 0.3) is 0 Å². The van der Waals surface area contributed by atoms with E-state index in [2.05, 4.69) is 0 Å². The van der Waals surface area contributed by atoms with Crippen LogP contribution in [0.3, 0.4) is 0 Å². The first-order valence-electron chi connectivity index (χ1n) is 8.50. The van der Waals surface area contributed by atoms with E-state index < -0.39 is 38.2 Å². The standard InChI is InChI=1S/C18H16F4N2O3S2/c19-13-5-4-12(10-16(13)22)28-11-17(25)23-6-8-24(9-7-23)29(26,27)18-14(20)2-1-3-15(18)21/h1-5,10H,6-9,11H2. The molecule has 0 radical (unpaired) electrons. The normalized spacial score (nSPS) is 15.5. The Morgan fingerprint density at radius 2 is 1.52 bits per heavy atom. The first-order chi connectivity index (χ1) is 13.7. The van der Waals surface area contributed by atoms with Gasteiger partial charge in [-0.15, -0.1) is 11.8 Å². The largest absolute Gasteiger partial charge is 0.339 e. The average molecular weight is 448 g/mol. The van der Waals surface area contributed by atoms with Gasteiger partial charge in [-0.25, -0.2) is 26.0 Å². The predicted molar refractivity (Wildman–Crippen MR) is 98.8 cm³/mol. The molecule has 0 aromatic heterocycles. The highest BCUT2D eigenvalue weighted by molar-refractivity contribution is 8.00. The number of hydrogen-bond acceptors (Lipinski definition) is 4. The monoisotopic (exact) mass is 448 g/mol. The Kier molecular flexibility index (Phi) is 6.49. The molecule has 3 rings (SSSR count). The van der Waals surface area contributed by atoms with Crippen molar-refractivity contribution in [3.8, 4) is 0 Å². The number of carbonyl (C=O) groups excluding carboxylic acids is 1. The number of hydrogen-bond donors (Lipinski definition) is 0. The van der Waals surface area contributed by atoms with Crippen LogP contribution in [0.2, 0.25) is 0 Å². The van der Waals surface area contributed by atoms with E-state index in [0.717, 1.165) is 46.4 Å². The molecule has 11 heteroatoms. The van der Waals surface area contributed by atoms with Gasteiger partial charge < -0.3 is 4.90 Å². The zero-order valence-electron chi connectivity index (χ0n) is 14.9. The van der Waals surface area contributed by atoms with Crippen molar-refractivity contribution in [3.63, 3.8) is 0 Å². The highest BCUT2D eigenvalue weighted by Gasteiger charge is 2.34. The Balaban J connectivity index is 1.59. The van der Waals surface area contributed by atoms with Gasteiger partial charge in [0, 0.05) is 31.1 Å². The van der Waals surface area contributed by atoms with Gasteiger partial charge in [-0.05, 0) is 30.3 Å². The van der Waals surface area contributed by atoms with E-state index in [1.54, 1.807) is 0 Å². The summed E-state index contributed by atoms with van der Waals surface area (Å²) < 4.78 is 79.9. The van der Waals surface area contributed by atoms with Gasteiger partial charge in [0.1, 0.15) is 11.6 Å². The number of sulfonamides is 1. The number of benzene rings is 2. The Labute approximate surface area is 169 Å². The predicted octanol–water partition coefficient (Wildman–Crippen LogP) is 2.87. The van der Waals surface area contributed by atoms with Crippen LogP contribution in [-0.4, -0.2) is 55.5 Å². The molecule has 5 nitrogen and oxygen atoms in total. The van der Waals surface area contributed by atoms with Crippen LogP contribution in [-0.2, 0) is 14.8 Å². The lowest BCUT2D eigenvalue weighted by atomic mass is 10.3. The van der Waals surface area contributed by atoms with E-state index in [1.165, 1.54) is 11.0 Å². The second-order valence-corrected chi connectivity index (χ2v) is 9.12. The molecule has 0 N–H and O–H groups in total. The summed E-state index contributed by atoms with van der Waals surface area (Å²) in [7, 11) is -4.37. The summed E-state index contributed by atoms with van der Waals surface area (Å²) >= 11 is 1.02. The van der Waals surface area contributed by atoms with E-state index in [1.807, 2.05) is 0 Å². The van der Waals surface area contributed by atoms with Crippen molar-refractivity contribution in [2.24, 2.45) is 0 Å². The molecule has 2 aromatic carbocycles. The molecular weight excluding hydrogens is 432 g/mol. The van der Waals surface area contributed by atoms with Gasteiger partial charge in [0.2, 0.25) is 15.9 Å². The highest BCUT2D eigenvalue weighted by atomic mass is 32.2. The lowest BCUT2D eigenvalue weighted by Gasteiger charge is -2.34. The Bertz CT molecular complexity index is 1010. The van der Waals surface area contributed by atoms with E-state index in [9.17, 15) is 30.8 Å². The minimum absolute atomic E-state index is 0.0419. The molecule has 1 aliphatic rings. The van der Waals surface area contributed by atoms with Gasteiger partial charge in [-0.3, -0.25) is 4.79 Å². The third-order valence-corrected chi connectivity index (χ3v) is 7.29. The molecule has 156 valence electrons. The van der Waals surface area contributed by atoms with Crippen molar-refractivity contribution in [1.29, 1.82) is 0 Å². The summed E-state index contributed by atoms with van der Waals surface area (Å²) in [5, 5.41) is 0. The fourth-order valence-corrected chi connectivity index (χ4v) is 5.19. The molecule has 0 spiro atoms. The maximum Gasteiger partial charge on any atom is 0.249 e. The van der Waals surface area contributed by atoms with Gasteiger partial charge in [0.05, 0.1) is 5.75 Å². The minimum atomic E-state index is -4.37. The van der Waals surface area contributed by atoms with Gasteiger partial charge in [-0.1, -0.05) is 6.07 Å². The van der Waals surface area contributed by atoms with Crippen LogP contribution >= 0.6 is 11.8 Å². The number of thioether (sulfide) groups is 1. The van der Waals surface area contributed by atoms with Gasteiger partial charge in [-0.2, -0.15) is 4.31 Å². The third kappa shape index (κ3) is 4.73. The summed E-state index contributed by atoms with van der Waals surface area (Å²) in [6.45, 7) is -0.131. The summed E-state index contributed by atoms with van der Waals surface area (Å²) in [5.41, 5.74) is 0. The molecule has 1 amide bonds. The van der Waals surface area contributed by atoms with Crippen LogP contribution < -0.4 is 0 Å².